The molecule has 1 fully saturated rings. The lowest BCUT2D eigenvalue weighted by molar-refractivity contribution is -0.154. The Bertz CT molecular complexity index is 966. The van der Waals surface area contributed by atoms with E-state index in [1.54, 1.807) is 0 Å². The van der Waals surface area contributed by atoms with E-state index in [0.717, 1.165) is 6.92 Å². The van der Waals surface area contributed by atoms with Crippen molar-refractivity contribution in [1.82, 2.24) is 10.3 Å². The van der Waals surface area contributed by atoms with E-state index in [9.17, 15) is 36.2 Å². The van der Waals surface area contributed by atoms with Crippen LogP contribution in [0.2, 0.25) is 0 Å². The van der Waals surface area contributed by atoms with Crippen LogP contribution in [-0.2, 0) is 15.9 Å². The first-order valence-electron chi connectivity index (χ1n) is 9.17. The van der Waals surface area contributed by atoms with E-state index in [0.29, 0.717) is 25.0 Å². The first kappa shape index (κ1) is 22.9. The van der Waals surface area contributed by atoms with E-state index in [4.69, 9.17) is 0 Å². The molecule has 2 aromatic rings. The molecule has 5 nitrogen and oxygen atoms in total. The van der Waals surface area contributed by atoms with Crippen LogP contribution in [0.15, 0.2) is 30.3 Å². The van der Waals surface area contributed by atoms with Crippen LogP contribution < -0.4 is 10.1 Å². The Balaban J connectivity index is 1.72. The number of nitrogens with one attached hydrogen (secondary N) is 1. The number of hydrogen-bond donors (Lipinski definition) is 2. The lowest BCUT2D eigenvalue weighted by atomic mass is 9.90. The molecule has 0 bridgehead atoms. The minimum Gasteiger partial charge on any atom is -0.468 e. The first-order chi connectivity index (χ1) is 14.3. The fourth-order valence-electron chi connectivity index (χ4n) is 3.26. The number of aliphatic hydroxyl groups is 1. The first-order valence-corrected chi connectivity index (χ1v) is 9.17. The van der Waals surface area contributed by atoms with Crippen LogP contribution in [0.5, 0.6) is 5.88 Å². The van der Waals surface area contributed by atoms with Crippen molar-refractivity contribution in [3.05, 3.63) is 59.0 Å². The SMILES string of the molecule is C[C@@](O)(CC(=O)NC1(c2cccc(OCC(F)(F)F)n2)CC1)c1c(F)cc(F)cc1F. The Kier molecular flexibility index (Phi) is 5.92. The van der Waals surface area contributed by atoms with Crippen molar-refractivity contribution in [2.24, 2.45) is 0 Å². The molecule has 0 radical (unpaired) electrons. The molecule has 3 rings (SSSR count). The van der Waals surface area contributed by atoms with E-state index in [1.165, 1.54) is 18.2 Å². The minimum absolute atomic E-state index is 0.249. The number of carbonyl (C=O) groups excluding carboxylic acids is 1. The fraction of sp³-hybridized carbons (Fsp3) is 0.400. The van der Waals surface area contributed by atoms with Crippen molar-refractivity contribution in [3.8, 4) is 5.88 Å². The number of halogens is 6. The molecular formula is C20H18F6N2O3. The average molecular weight is 448 g/mol. The van der Waals surface area contributed by atoms with Gasteiger partial charge in [0.1, 0.15) is 23.1 Å². The highest BCUT2D eigenvalue weighted by Crippen LogP contribution is 2.45. The number of rotatable bonds is 7. The Labute approximate surface area is 173 Å². The van der Waals surface area contributed by atoms with Crippen molar-refractivity contribution < 1.29 is 41.0 Å². The Morgan fingerprint density at radius 2 is 1.81 bits per heavy atom. The lowest BCUT2D eigenvalue weighted by Gasteiger charge is -2.26. The predicted molar refractivity (Wildman–Crippen MR) is 95.3 cm³/mol. The summed E-state index contributed by atoms with van der Waals surface area (Å²) in [5.41, 5.74) is -3.88. The van der Waals surface area contributed by atoms with Gasteiger partial charge in [-0.2, -0.15) is 13.2 Å². The summed E-state index contributed by atoms with van der Waals surface area (Å²) in [7, 11) is 0. The second kappa shape index (κ2) is 8.03. The van der Waals surface area contributed by atoms with Crippen LogP contribution in [0.25, 0.3) is 0 Å². The van der Waals surface area contributed by atoms with Gasteiger partial charge in [-0.3, -0.25) is 4.79 Å². The third-order valence-corrected chi connectivity index (χ3v) is 4.78. The van der Waals surface area contributed by atoms with Crippen molar-refractivity contribution >= 4 is 5.91 Å². The third kappa shape index (κ3) is 5.46. The molecule has 1 heterocycles. The van der Waals surface area contributed by atoms with Gasteiger partial charge in [-0.05, 0) is 25.8 Å². The maximum atomic E-state index is 14.0. The number of hydrogen-bond acceptors (Lipinski definition) is 4. The molecule has 1 saturated carbocycles. The molecule has 0 spiro atoms. The highest BCUT2D eigenvalue weighted by molar-refractivity contribution is 5.78. The lowest BCUT2D eigenvalue weighted by Crippen LogP contribution is -2.40. The predicted octanol–water partition coefficient (Wildman–Crippen LogP) is 3.84. The van der Waals surface area contributed by atoms with Crippen LogP contribution in [0.4, 0.5) is 26.3 Å². The average Bonchev–Trinajstić information content (AvgIpc) is 3.38. The van der Waals surface area contributed by atoms with Gasteiger partial charge >= 0.3 is 6.18 Å². The maximum Gasteiger partial charge on any atom is 0.422 e. The summed E-state index contributed by atoms with van der Waals surface area (Å²) >= 11 is 0. The van der Waals surface area contributed by atoms with Crippen molar-refractivity contribution in [2.45, 2.75) is 43.5 Å². The summed E-state index contributed by atoms with van der Waals surface area (Å²) in [5, 5.41) is 13.1. The Hall–Kier alpha value is -2.82. The number of nitrogens with zero attached hydrogens (tertiary/aromatic N) is 1. The highest BCUT2D eigenvalue weighted by atomic mass is 19.4. The summed E-state index contributed by atoms with van der Waals surface area (Å²) in [4.78, 5) is 16.5. The molecule has 1 aliphatic rings. The van der Waals surface area contributed by atoms with Gasteiger partial charge < -0.3 is 15.2 Å². The molecule has 1 atom stereocenters. The summed E-state index contributed by atoms with van der Waals surface area (Å²) < 4.78 is 82.7. The summed E-state index contributed by atoms with van der Waals surface area (Å²) in [5.74, 6) is -4.92. The van der Waals surface area contributed by atoms with Gasteiger partial charge in [0.15, 0.2) is 6.61 Å². The van der Waals surface area contributed by atoms with Crippen LogP contribution in [0, 0.1) is 17.5 Å². The number of pyridine rings is 1. The second-order valence-electron chi connectivity index (χ2n) is 7.59. The number of amides is 1. The summed E-state index contributed by atoms with van der Waals surface area (Å²) in [6.45, 7) is -0.518. The summed E-state index contributed by atoms with van der Waals surface area (Å²) in [6.07, 6.45) is -4.47. The van der Waals surface area contributed by atoms with E-state index >= 15 is 0 Å². The van der Waals surface area contributed by atoms with E-state index < -0.39 is 59.3 Å². The van der Waals surface area contributed by atoms with E-state index in [1.807, 2.05) is 0 Å². The molecule has 11 heteroatoms. The molecule has 31 heavy (non-hydrogen) atoms. The zero-order chi connectivity index (χ0) is 23.0. The van der Waals surface area contributed by atoms with Crippen molar-refractivity contribution in [2.75, 3.05) is 6.61 Å². The van der Waals surface area contributed by atoms with Gasteiger partial charge in [0, 0.05) is 18.2 Å². The molecule has 2 N–H and O–H groups in total. The van der Waals surface area contributed by atoms with E-state index in [-0.39, 0.29) is 11.6 Å². The standard InChI is InChI=1S/C20H18F6N2O3/c1-18(30,17-12(22)7-11(21)8-13(17)23)9-15(29)28-19(5-6-19)14-3-2-4-16(27-14)31-10-20(24,25)26/h2-4,7-8,30H,5-6,9-10H2,1H3,(H,28,29)/t18-/m1/s1. The van der Waals surface area contributed by atoms with Crippen molar-refractivity contribution in [1.29, 1.82) is 0 Å². The maximum absolute atomic E-state index is 14.0. The smallest absolute Gasteiger partial charge is 0.422 e. The van der Waals surface area contributed by atoms with Gasteiger partial charge in [0.25, 0.3) is 0 Å². The molecule has 0 saturated heterocycles. The number of benzene rings is 1. The minimum atomic E-state index is -4.54. The molecule has 1 aliphatic carbocycles. The zero-order valence-corrected chi connectivity index (χ0v) is 16.2. The molecule has 0 unspecified atom stereocenters. The second-order valence-corrected chi connectivity index (χ2v) is 7.59. The van der Waals surface area contributed by atoms with Gasteiger partial charge in [-0.25, -0.2) is 18.2 Å². The number of aromatic nitrogens is 1. The van der Waals surface area contributed by atoms with E-state index in [2.05, 4.69) is 15.0 Å². The zero-order valence-electron chi connectivity index (χ0n) is 16.2. The Morgan fingerprint density at radius 3 is 2.35 bits per heavy atom. The molecule has 0 aliphatic heterocycles. The number of ether oxygens (including phenoxy) is 1. The highest BCUT2D eigenvalue weighted by Gasteiger charge is 2.48. The molecule has 1 amide bonds. The van der Waals surface area contributed by atoms with Crippen molar-refractivity contribution in [3.63, 3.8) is 0 Å². The molecule has 1 aromatic heterocycles. The normalized spacial score (nSPS) is 17.0. The quantitative estimate of drug-likeness (QED) is 0.632. The van der Waals surface area contributed by atoms with Gasteiger partial charge in [-0.15, -0.1) is 0 Å². The molecular weight excluding hydrogens is 430 g/mol. The summed E-state index contributed by atoms with van der Waals surface area (Å²) in [6, 6.07) is 4.93. The van der Waals surface area contributed by atoms with Gasteiger partial charge in [0.2, 0.25) is 11.8 Å². The number of carbonyl (C=O) groups is 1. The van der Waals surface area contributed by atoms with Crippen LogP contribution in [-0.4, -0.2) is 28.8 Å². The van der Waals surface area contributed by atoms with Gasteiger partial charge in [0.05, 0.1) is 23.2 Å². The topological polar surface area (TPSA) is 71.5 Å². The van der Waals surface area contributed by atoms with Gasteiger partial charge in [-0.1, -0.05) is 6.07 Å². The number of alkyl halides is 3. The third-order valence-electron chi connectivity index (χ3n) is 4.78. The largest absolute Gasteiger partial charge is 0.468 e. The van der Waals surface area contributed by atoms with Crippen LogP contribution >= 0.6 is 0 Å². The molecule has 168 valence electrons. The monoisotopic (exact) mass is 448 g/mol. The van der Waals surface area contributed by atoms with Crippen LogP contribution in [0.1, 0.15) is 37.4 Å². The van der Waals surface area contributed by atoms with Crippen LogP contribution in [0.3, 0.4) is 0 Å². The Morgan fingerprint density at radius 1 is 1.19 bits per heavy atom. The fourth-order valence-corrected chi connectivity index (χ4v) is 3.26. The molecule has 1 aromatic carbocycles.